The molecule has 3 rings (SSSR count). The number of aromatic nitrogens is 1. The van der Waals surface area contributed by atoms with E-state index >= 15 is 0 Å². The Hall–Kier alpha value is -2.19. The van der Waals surface area contributed by atoms with Crippen molar-refractivity contribution in [3.63, 3.8) is 0 Å². The first kappa shape index (κ1) is 18.6. The van der Waals surface area contributed by atoms with Gasteiger partial charge in [0.2, 0.25) is 5.91 Å². The minimum absolute atomic E-state index is 0.173. The zero-order chi connectivity index (χ0) is 19.2. The lowest BCUT2D eigenvalue weighted by atomic mass is 10.2. The van der Waals surface area contributed by atoms with Crippen molar-refractivity contribution in [2.45, 2.75) is 47.3 Å². The Bertz CT molecular complexity index is 875. The van der Waals surface area contributed by atoms with Gasteiger partial charge in [-0.25, -0.2) is 13.4 Å². The standard InChI is InChI=1S/C15H15F3N4O3S/c16-15(17,18)10-2-1-5-20-13(10)26(24,25)9-6-11(21-7-9)12(23)22-14(8-19)3-4-14/h1-2,5,9,11,21H,3-4,6-7H2,(H,22,23). The van der Waals surface area contributed by atoms with E-state index < -0.39 is 49.3 Å². The molecule has 1 aromatic rings. The second kappa shape index (κ2) is 6.21. The Labute approximate surface area is 147 Å². The molecule has 2 heterocycles. The number of hydrogen-bond donors (Lipinski definition) is 2. The summed E-state index contributed by atoms with van der Waals surface area (Å²) >= 11 is 0. The number of carbonyl (C=O) groups is 1. The van der Waals surface area contributed by atoms with Gasteiger partial charge in [0, 0.05) is 12.7 Å². The average Bonchev–Trinajstić information content (AvgIpc) is 3.17. The number of sulfone groups is 1. The van der Waals surface area contributed by atoms with E-state index in [2.05, 4.69) is 15.6 Å². The molecule has 0 aromatic carbocycles. The molecular formula is C15H15F3N4O3S. The second-order valence-corrected chi connectivity index (χ2v) is 8.54. The predicted octanol–water partition coefficient (Wildman–Crippen LogP) is 0.777. The van der Waals surface area contributed by atoms with E-state index in [0.29, 0.717) is 18.9 Å². The van der Waals surface area contributed by atoms with Gasteiger partial charge < -0.3 is 10.6 Å². The molecule has 1 aliphatic carbocycles. The second-order valence-electron chi connectivity index (χ2n) is 6.40. The SMILES string of the molecule is N#CC1(NC(=O)C2CC(S(=O)(=O)c3ncccc3C(F)(F)F)CN2)CC1. The van der Waals surface area contributed by atoms with Crippen LogP contribution in [0.4, 0.5) is 13.2 Å². The highest BCUT2D eigenvalue weighted by Gasteiger charge is 2.48. The molecule has 1 amide bonds. The number of pyridine rings is 1. The van der Waals surface area contributed by atoms with Gasteiger partial charge in [-0.3, -0.25) is 4.79 Å². The third-order valence-corrected chi connectivity index (χ3v) is 6.62. The van der Waals surface area contributed by atoms with Gasteiger partial charge in [0.1, 0.15) is 5.54 Å². The van der Waals surface area contributed by atoms with E-state index in [1.54, 1.807) is 0 Å². The summed E-state index contributed by atoms with van der Waals surface area (Å²) in [6, 6.07) is 2.77. The normalized spacial score (nSPS) is 24.7. The predicted molar refractivity (Wildman–Crippen MR) is 82.3 cm³/mol. The molecular weight excluding hydrogens is 373 g/mol. The highest BCUT2D eigenvalue weighted by Crippen LogP contribution is 2.36. The molecule has 1 aromatic heterocycles. The van der Waals surface area contributed by atoms with E-state index in [9.17, 15) is 26.4 Å². The van der Waals surface area contributed by atoms with Crippen LogP contribution in [-0.2, 0) is 20.8 Å². The number of hydrogen-bond acceptors (Lipinski definition) is 6. The molecule has 0 spiro atoms. The van der Waals surface area contributed by atoms with Crippen molar-refractivity contribution < 1.29 is 26.4 Å². The number of alkyl halides is 3. The van der Waals surface area contributed by atoms with Crippen LogP contribution in [0.2, 0.25) is 0 Å². The molecule has 2 unspecified atom stereocenters. The molecule has 11 heteroatoms. The summed E-state index contributed by atoms with van der Waals surface area (Å²) in [5, 5.41) is 12.0. The first-order valence-corrected chi connectivity index (χ1v) is 9.36. The van der Waals surface area contributed by atoms with Crippen molar-refractivity contribution in [2.75, 3.05) is 6.54 Å². The van der Waals surface area contributed by atoms with Crippen molar-refractivity contribution in [1.29, 1.82) is 5.26 Å². The van der Waals surface area contributed by atoms with Gasteiger partial charge in [-0.1, -0.05) is 0 Å². The van der Waals surface area contributed by atoms with E-state index in [4.69, 9.17) is 5.26 Å². The third-order valence-electron chi connectivity index (χ3n) is 4.52. The lowest BCUT2D eigenvalue weighted by Crippen LogP contribution is -2.45. The molecule has 2 atom stereocenters. The van der Waals surface area contributed by atoms with Crippen molar-refractivity contribution >= 4 is 15.7 Å². The average molecular weight is 388 g/mol. The summed E-state index contributed by atoms with van der Waals surface area (Å²) in [6.45, 7) is -0.173. The first-order valence-electron chi connectivity index (χ1n) is 7.82. The molecule has 1 aliphatic heterocycles. The maximum Gasteiger partial charge on any atom is 0.419 e. The Morgan fingerprint density at radius 1 is 1.42 bits per heavy atom. The highest BCUT2D eigenvalue weighted by atomic mass is 32.2. The van der Waals surface area contributed by atoms with Crippen molar-refractivity contribution in [3.8, 4) is 6.07 Å². The minimum atomic E-state index is -4.86. The van der Waals surface area contributed by atoms with Gasteiger partial charge in [-0.05, 0) is 31.4 Å². The maximum atomic E-state index is 13.1. The van der Waals surface area contributed by atoms with Crippen LogP contribution in [0.25, 0.3) is 0 Å². The van der Waals surface area contributed by atoms with Crippen LogP contribution in [0, 0.1) is 11.3 Å². The Kier molecular flexibility index (Phi) is 4.44. The van der Waals surface area contributed by atoms with E-state index in [-0.39, 0.29) is 13.0 Å². The first-order chi connectivity index (χ1) is 12.1. The van der Waals surface area contributed by atoms with Crippen LogP contribution >= 0.6 is 0 Å². The Morgan fingerprint density at radius 3 is 2.69 bits per heavy atom. The van der Waals surface area contributed by atoms with Crippen molar-refractivity contribution in [1.82, 2.24) is 15.6 Å². The number of nitrogens with one attached hydrogen (secondary N) is 2. The molecule has 2 N–H and O–H groups in total. The number of nitrogens with zero attached hydrogens (tertiary/aromatic N) is 2. The lowest BCUT2D eigenvalue weighted by molar-refractivity contribution is -0.140. The summed E-state index contributed by atoms with van der Waals surface area (Å²) in [5.74, 6) is -0.529. The number of amides is 1. The van der Waals surface area contributed by atoms with Gasteiger partial charge in [-0.15, -0.1) is 0 Å². The molecule has 0 radical (unpaired) electrons. The molecule has 1 saturated carbocycles. The summed E-state index contributed by atoms with van der Waals surface area (Å²) in [6.07, 6.45) is -3.02. The summed E-state index contributed by atoms with van der Waals surface area (Å²) in [4.78, 5) is 15.6. The fraction of sp³-hybridized carbons (Fsp3) is 0.533. The lowest BCUT2D eigenvalue weighted by Gasteiger charge is -2.16. The minimum Gasteiger partial charge on any atom is -0.336 e. The van der Waals surface area contributed by atoms with Gasteiger partial charge in [-0.2, -0.15) is 18.4 Å². The van der Waals surface area contributed by atoms with Gasteiger partial charge in [0.25, 0.3) is 0 Å². The Morgan fingerprint density at radius 2 is 2.12 bits per heavy atom. The monoisotopic (exact) mass is 388 g/mol. The zero-order valence-corrected chi connectivity index (χ0v) is 14.2. The van der Waals surface area contributed by atoms with E-state index in [0.717, 1.165) is 12.3 Å². The van der Waals surface area contributed by atoms with Crippen LogP contribution in [0.15, 0.2) is 23.4 Å². The number of carbonyl (C=O) groups excluding carboxylic acids is 1. The number of nitriles is 1. The smallest absolute Gasteiger partial charge is 0.336 e. The summed E-state index contributed by atoms with van der Waals surface area (Å²) in [7, 11) is -4.39. The van der Waals surface area contributed by atoms with Gasteiger partial charge in [0.15, 0.2) is 14.9 Å². The van der Waals surface area contributed by atoms with E-state index in [1.165, 1.54) is 0 Å². The Balaban J connectivity index is 1.78. The quantitative estimate of drug-likeness (QED) is 0.788. The van der Waals surface area contributed by atoms with E-state index in [1.807, 2.05) is 6.07 Å². The third kappa shape index (κ3) is 3.39. The molecule has 2 fully saturated rings. The molecule has 0 bridgehead atoms. The molecule has 140 valence electrons. The highest BCUT2D eigenvalue weighted by molar-refractivity contribution is 7.92. The number of rotatable bonds is 4. The van der Waals surface area contributed by atoms with Gasteiger partial charge in [0.05, 0.1) is 22.9 Å². The van der Waals surface area contributed by atoms with Gasteiger partial charge >= 0.3 is 6.18 Å². The molecule has 1 saturated heterocycles. The molecule has 7 nitrogen and oxygen atoms in total. The van der Waals surface area contributed by atoms with Crippen LogP contribution < -0.4 is 10.6 Å². The van der Waals surface area contributed by atoms with Crippen LogP contribution in [0.5, 0.6) is 0 Å². The maximum absolute atomic E-state index is 13.1. The summed E-state index contributed by atoms with van der Waals surface area (Å²) < 4.78 is 64.5. The van der Waals surface area contributed by atoms with Crippen LogP contribution in [0.3, 0.4) is 0 Å². The summed E-state index contributed by atoms with van der Waals surface area (Å²) in [5.41, 5.74) is -2.23. The number of halogens is 3. The largest absolute Gasteiger partial charge is 0.419 e. The fourth-order valence-electron chi connectivity index (χ4n) is 2.84. The zero-order valence-electron chi connectivity index (χ0n) is 13.4. The molecule has 2 aliphatic rings. The topological polar surface area (TPSA) is 112 Å². The van der Waals surface area contributed by atoms with Crippen LogP contribution in [0.1, 0.15) is 24.8 Å². The van der Waals surface area contributed by atoms with Crippen molar-refractivity contribution in [2.24, 2.45) is 0 Å². The fourth-order valence-corrected chi connectivity index (χ4v) is 4.62. The van der Waals surface area contributed by atoms with Crippen molar-refractivity contribution in [3.05, 3.63) is 23.9 Å². The van der Waals surface area contributed by atoms with Crippen LogP contribution in [-0.4, -0.2) is 42.7 Å². The molecule has 26 heavy (non-hydrogen) atoms.